The second-order valence-electron chi connectivity index (χ2n) is 5.98. The average Bonchev–Trinajstić information content (AvgIpc) is 2.87. The lowest BCUT2D eigenvalue weighted by Gasteiger charge is -2.15. The summed E-state index contributed by atoms with van der Waals surface area (Å²) in [6.45, 7) is 0. The first kappa shape index (κ1) is 26.7. The van der Waals surface area contributed by atoms with Gasteiger partial charge in [-0.3, -0.25) is 0 Å². The van der Waals surface area contributed by atoms with Gasteiger partial charge < -0.3 is 0 Å². The Bertz CT molecular complexity index is 1570. The lowest BCUT2D eigenvalue weighted by Crippen LogP contribution is -1.94. The third-order valence-electron chi connectivity index (χ3n) is 4.32. The van der Waals surface area contributed by atoms with Crippen LogP contribution >= 0.6 is 0 Å². The van der Waals surface area contributed by atoms with Crippen molar-refractivity contribution in [2.24, 2.45) is 39.9 Å². The second kappa shape index (κ2) is 13.3. The summed E-state index contributed by atoms with van der Waals surface area (Å²) < 4.78 is 0. The van der Waals surface area contributed by atoms with Gasteiger partial charge in [0.15, 0.2) is 0 Å². The molecule has 0 bridgehead atoms. The molecule has 0 aromatic heterocycles. The summed E-state index contributed by atoms with van der Waals surface area (Å²) in [5, 5.41) is 0. The van der Waals surface area contributed by atoms with E-state index in [1.807, 2.05) is 0 Å². The molecule has 16 heteroatoms. The maximum Gasteiger partial charge on any atom is 0.240 e. The van der Waals surface area contributed by atoms with Crippen molar-refractivity contribution < 1.29 is 38.4 Å². The number of isocyanates is 8. The number of aliphatic imine (C=N–C) groups is 8. The fourth-order valence-corrected chi connectivity index (χ4v) is 3.08. The number of nitrogens with zero attached hydrogens (tertiary/aromatic N) is 8. The molecule has 176 valence electrons. The van der Waals surface area contributed by atoms with E-state index in [0.29, 0.717) is 0 Å². The van der Waals surface area contributed by atoms with Gasteiger partial charge in [-0.15, -0.1) is 0 Å². The first-order valence-corrected chi connectivity index (χ1v) is 9.07. The Labute approximate surface area is 202 Å². The van der Waals surface area contributed by atoms with Gasteiger partial charge in [0, 0.05) is 17.5 Å². The average molecular weight is 496 g/mol. The predicted molar refractivity (Wildman–Crippen MR) is 118 cm³/mol. The summed E-state index contributed by atoms with van der Waals surface area (Å²) >= 11 is 0. The molecule has 0 spiro atoms. The number of rotatable bonds is 10. The third-order valence-corrected chi connectivity index (χ3v) is 4.32. The van der Waals surface area contributed by atoms with E-state index in [2.05, 4.69) is 39.9 Å². The Morgan fingerprint density at radius 2 is 0.649 bits per heavy atom. The molecular formula is C21H4N8O8. The monoisotopic (exact) mass is 496 g/mol. The van der Waals surface area contributed by atoms with Gasteiger partial charge in [0.05, 0.1) is 11.4 Å². The quantitative estimate of drug-likeness (QED) is 0.349. The maximum absolute atomic E-state index is 11.2. The molecule has 16 nitrogen and oxygen atoms in total. The standard InChI is InChI=1S/C21H4N8O8/c30-4-22-14-2-16(24-6-32)20(28-10-36)18(26-8-34)12(14)1-13-15(23-5-31)3-17(25-7-33)21(29-11-37)19(13)27-9-35/h2-3H,1H2. The highest BCUT2D eigenvalue weighted by Gasteiger charge is 2.24. The van der Waals surface area contributed by atoms with Crippen molar-refractivity contribution in [3.05, 3.63) is 23.3 Å². The van der Waals surface area contributed by atoms with E-state index in [-0.39, 0.29) is 22.5 Å². The number of benzene rings is 2. The van der Waals surface area contributed by atoms with Crippen molar-refractivity contribution in [2.45, 2.75) is 6.42 Å². The Hall–Kier alpha value is -6.52. The summed E-state index contributed by atoms with van der Waals surface area (Å²) in [4.78, 5) is 115. The van der Waals surface area contributed by atoms with Gasteiger partial charge in [-0.25, -0.2) is 38.4 Å². The van der Waals surface area contributed by atoms with Gasteiger partial charge in [-0.1, -0.05) is 0 Å². The minimum absolute atomic E-state index is 0.233. The number of hydrogen-bond acceptors (Lipinski definition) is 16. The molecule has 2 aromatic carbocycles. The van der Waals surface area contributed by atoms with Gasteiger partial charge in [0.2, 0.25) is 48.6 Å². The van der Waals surface area contributed by atoms with Crippen molar-refractivity contribution >= 4 is 94.1 Å². The minimum Gasteiger partial charge on any atom is -0.211 e. The van der Waals surface area contributed by atoms with Crippen LogP contribution in [0.2, 0.25) is 0 Å². The van der Waals surface area contributed by atoms with Crippen molar-refractivity contribution in [1.29, 1.82) is 0 Å². The van der Waals surface area contributed by atoms with E-state index in [1.165, 1.54) is 48.6 Å². The van der Waals surface area contributed by atoms with Crippen LogP contribution in [-0.2, 0) is 44.8 Å². The van der Waals surface area contributed by atoms with Gasteiger partial charge in [-0.2, -0.15) is 39.9 Å². The number of hydrogen-bond donors (Lipinski definition) is 0. The molecule has 2 aromatic rings. The summed E-state index contributed by atoms with van der Waals surface area (Å²) in [7, 11) is 0. The van der Waals surface area contributed by atoms with Crippen LogP contribution in [0, 0.1) is 0 Å². The fraction of sp³-hybridized carbons (Fsp3) is 0.0476. The van der Waals surface area contributed by atoms with Crippen LogP contribution in [0.4, 0.5) is 45.5 Å². The second-order valence-corrected chi connectivity index (χ2v) is 5.98. The van der Waals surface area contributed by atoms with Gasteiger partial charge >= 0.3 is 0 Å². The first-order chi connectivity index (χ1) is 18.0. The molecule has 0 saturated carbocycles. The Morgan fingerprint density at radius 1 is 0.378 bits per heavy atom. The summed E-state index contributed by atoms with van der Waals surface area (Å²) in [5.41, 5.74) is -4.02. The van der Waals surface area contributed by atoms with Crippen LogP contribution in [0.1, 0.15) is 11.1 Å². The van der Waals surface area contributed by atoms with Crippen molar-refractivity contribution in [3.63, 3.8) is 0 Å². The predicted octanol–water partition coefficient (Wildman–Crippen LogP) is 3.02. The molecule has 2 rings (SSSR count). The number of carbonyl (C=O) groups excluding carboxylic acids is 8. The molecular weight excluding hydrogens is 492 g/mol. The van der Waals surface area contributed by atoms with E-state index in [9.17, 15) is 38.4 Å². The zero-order valence-corrected chi connectivity index (χ0v) is 17.7. The zero-order valence-electron chi connectivity index (χ0n) is 17.7. The van der Waals surface area contributed by atoms with Gasteiger partial charge in [-0.05, 0) is 12.1 Å². The third kappa shape index (κ3) is 5.89. The van der Waals surface area contributed by atoms with Gasteiger partial charge in [0.1, 0.15) is 34.1 Å². The van der Waals surface area contributed by atoms with E-state index >= 15 is 0 Å². The van der Waals surface area contributed by atoms with E-state index in [1.54, 1.807) is 0 Å². The maximum atomic E-state index is 11.2. The first-order valence-electron chi connectivity index (χ1n) is 9.07. The van der Waals surface area contributed by atoms with Crippen LogP contribution < -0.4 is 0 Å². The molecule has 0 radical (unpaired) electrons. The van der Waals surface area contributed by atoms with Crippen LogP contribution in [0.5, 0.6) is 0 Å². The van der Waals surface area contributed by atoms with Gasteiger partial charge in [0.25, 0.3) is 0 Å². The van der Waals surface area contributed by atoms with E-state index in [4.69, 9.17) is 0 Å². The van der Waals surface area contributed by atoms with E-state index < -0.39 is 40.5 Å². The van der Waals surface area contributed by atoms with E-state index in [0.717, 1.165) is 12.1 Å². The molecule has 0 aliphatic carbocycles. The highest BCUT2D eigenvalue weighted by molar-refractivity contribution is 5.91. The summed E-state index contributed by atoms with van der Waals surface area (Å²) in [6, 6.07) is 1.93. The van der Waals surface area contributed by atoms with Crippen molar-refractivity contribution in [2.75, 3.05) is 0 Å². The molecule has 0 heterocycles. The molecule has 0 saturated heterocycles. The lowest BCUT2D eigenvalue weighted by atomic mass is 9.95. The molecule has 0 amide bonds. The Morgan fingerprint density at radius 3 is 0.946 bits per heavy atom. The Kier molecular flexibility index (Phi) is 9.57. The minimum atomic E-state index is -0.596. The van der Waals surface area contributed by atoms with Crippen LogP contribution in [0.3, 0.4) is 0 Å². The highest BCUT2D eigenvalue weighted by atomic mass is 16.1. The lowest BCUT2D eigenvalue weighted by molar-refractivity contribution is 0.563. The van der Waals surface area contributed by atoms with Crippen molar-refractivity contribution in [3.8, 4) is 0 Å². The molecule has 0 aliphatic heterocycles. The summed E-state index contributed by atoms with van der Waals surface area (Å²) in [6.07, 6.45) is 8.94. The summed E-state index contributed by atoms with van der Waals surface area (Å²) in [5.74, 6) is 0. The fourth-order valence-electron chi connectivity index (χ4n) is 3.08. The molecule has 0 atom stereocenters. The highest BCUT2D eigenvalue weighted by Crippen LogP contribution is 2.50. The molecule has 0 unspecified atom stereocenters. The SMILES string of the molecule is O=C=Nc1cc(N=C=O)c(N=C=O)c(N=C=O)c1Cc1c(N=C=O)cc(N=C=O)c(N=C=O)c1N=C=O. The zero-order chi connectivity index (χ0) is 27.2. The molecule has 0 aliphatic rings. The van der Waals surface area contributed by atoms with Crippen LogP contribution in [0.15, 0.2) is 52.1 Å². The molecule has 37 heavy (non-hydrogen) atoms. The Balaban J connectivity index is 3.23. The van der Waals surface area contributed by atoms with Crippen LogP contribution in [0.25, 0.3) is 0 Å². The largest absolute Gasteiger partial charge is 0.240 e. The molecule has 0 N–H and O–H groups in total. The van der Waals surface area contributed by atoms with Crippen molar-refractivity contribution in [1.82, 2.24) is 0 Å². The smallest absolute Gasteiger partial charge is 0.211 e. The van der Waals surface area contributed by atoms with Crippen LogP contribution in [-0.4, -0.2) is 48.6 Å². The normalized spacial score (nSPS) is 8.65. The topological polar surface area (TPSA) is 235 Å². The molecule has 0 fully saturated rings.